The first-order chi connectivity index (χ1) is 8.49. The van der Waals surface area contributed by atoms with Crippen LogP contribution in [0.25, 0.3) is 0 Å². The van der Waals surface area contributed by atoms with Gasteiger partial charge in [-0.2, -0.15) is 11.8 Å². The number of benzene rings is 1. The Morgan fingerprint density at radius 3 is 2.44 bits per heavy atom. The molecule has 0 fully saturated rings. The van der Waals surface area contributed by atoms with E-state index in [4.69, 9.17) is 0 Å². The Kier molecular flexibility index (Phi) is 6.08. The minimum Gasteiger partial charge on any atom is -0.348 e. The second-order valence-electron chi connectivity index (χ2n) is 3.78. The molecular weight excluding hydrogens is 324 g/mol. The lowest BCUT2D eigenvalue weighted by Crippen LogP contribution is -2.37. The van der Waals surface area contributed by atoms with Crippen LogP contribution in [0.15, 0.2) is 16.6 Å². The van der Waals surface area contributed by atoms with E-state index < -0.39 is 23.1 Å². The number of halogens is 3. The summed E-state index contributed by atoms with van der Waals surface area (Å²) in [6, 6.07) is 2.07. The lowest BCUT2D eigenvalue weighted by Gasteiger charge is -2.16. The third kappa shape index (κ3) is 3.95. The normalized spacial score (nSPS) is 12.3. The molecule has 100 valence electrons. The van der Waals surface area contributed by atoms with Crippen molar-refractivity contribution in [2.75, 3.05) is 12.0 Å². The fourth-order valence-electron chi connectivity index (χ4n) is 1.48. The third-order valence-electron chi connectivity index (χ3n) is 2.43. The van der Waals surface area contributed by atoms with E-state index in [-0.39, 0.29) is 10.5 Å². The number of hydrogen-bond acceptors (Lipinski definition) is 2. The molecule has 0 aliphatic carbocycles. The average molecular weight is 338 g/mol. The molecule has 0 saturated carbocycles. The highest BCUT2D eigenvalue weighted by molar-refractivity contribution is 9.10. The molecular formula is C12H14BrF2NOS. The minimum atomic E-state index is -0.863. The van der Waals surface area contributed by atoms with E-state index in [2.05, 4.69) is 21.2 Å². The van der Waals surface area contributed by atoms with E-state index in [9.17, 15) is 13.6 Å². The Morgan fingerprint density at radius 2 is 2.00 bits per heavy atom. The maximum atomic E-state index is 13.6. The monoisotopic (exact) mass is 337 g/mol. The van der Waals surface area contributed by atoms with Crippen LogP contribution >= 0.6 is 27.7 Å². The van der Waals surface area contributed by atoms with Crippen molar-refractivity contribution >= 4 is 33.6 Å². The average Bonchev–Trinajstić information content (AvgIpc) is 2.26. The predicted molar refractivity (Wildman–Crippen MR) is 74.0 cm³/mol. The van der Waals surface area contributed by atoms with Gasteiger partial charge < -0.3 is 5.32 Å². The maximum absolute atomic E-state index is 13.6. The Labute approximate surface area is 118 Å². The Balaban J connectivity index is 2.90. The molecule has 1 amide bonds. The van der Waals surface area contributed by atoms with Gasteiger partial charge in [-0.25, -0.2) is 8.78 Å². The van der Waals surface area contributed by atoms with Crippen molar-refractivity contribution in [2.45, 2.75) is 19.4 Å². The van der Waals surface area contributed by atoms with Crippen molar-refractivity contribution in [2.24, 2.45) is 0 Å². The molecule has 0 heterocycles. The zero-order valence-electron chi connectivity index (χ0n) is 10.1. The molecule has 0 aliphatic heterocycles. The molecule has 18 heavy (non-hydrogen) atoms. The third-order valence-corrected chi connectivity index (χ3v) is 3.62. The van der Waals surface area contributed by atoms with Gasteiger partial charge in [-0.05, 0) is 24.8 Å². The zero-order chi connectivity index (χ0) is 13.7. The van der Waals surface area contributed by atoms with Crippen molar-refractivity contribution < 1.29 is 13.6 Å². The molecule has 0 aliphatic rings. The predicted octanol–water partition coefficient (Wildman–Crippen LogP) is 3.60. The molecule has 0 aromatic heterocycles. The van der Waals surface area contributed by atoms with Crippen LogP contribution in [0.2, 0.25) is 0 Å². The number of carbonyl (C=O) groups is 1. The summed E-state index contributed by atoms with van der Waals surface area (Å²) in [6.07, 6.45) is 2.63. The van der Waals surface area contributed by atoms with Crippen LogP contribution < -0.4 is 5.32 Å². The summed E-state index contributed by atoms with van der Waals surface area (Å²) >= 11 is 4.54. The molecule has 1 atom stereocenters. The van der Waals surface area contributed by atoms with E-state index in [1.165, 1.54) is 0 Å². The largest absolute Gasteiger partial charge is 0.348 e. The summed E-state index contributed by atoms with van der Waals surface area (Å²) in [6.45, 7) is 1.91. The van der Waals surface area contributed by atoms with Gasteiger partial charge in [-0.15, -0.1) is 0 Å². The molecule has 1 aromatic rings. The number of carbonyl (C=O) groups excluding carboxylic acids is 1. The highest BCUT2D eigenvalue weighted by Crippen LogP contribution is 2.19. The molecule has 1 rings (SSSR count). The SMILES string of the molecule is CCC(CSC)NC(=O)c1c(F)cc(Br)cc1F. The summed E-state index contributed by atoms with van der Waals surface area (Å²) in [5, 5.41) is 2.63. The Bertz CT molecular complexity index is 419. The number of thioether (sulfide) groups is 1. The van der Waals surface area contributed by atoms with Crippen molar-refractivity contribution in [3.05, 3.63) is 33.8 Å². The highest BCUT2D eigenvalue weighted by atomic mass is 79.9. The van der Waals surface area contributed by atoms with Crippen molar-refractivity contribution in [3.8, 4) is 0 Å². The van der Waals surface area contributed by atoms with Crippen LogP contribution in [-0.2, 0) is 0 Å². The van der Waals surface area contributed by atoms with Crippen LogP contribution in [0.3, 0.4) is 0 Å². The molecule has 0 spiro atoms. The van der Waals surface area contributed by atoms with Gasteiger partial charge in [0, 0.05) is 16.3 Å². The van der Waals surface area contributed by atoms with Gasteiger partial charge in [0.2, 0.25) is 0 Å². The Morgan fingerprint density at radius 1 is 1.44 bits per heavy atom. The van der Waals surface area contributed by atoms with E-state index in [0.717, 1.165) is 12.1 Å². The smallest absolute Gasteiger partial charge is 0.257 e. The summed E-state index contributed by atoms with van der Waals surface area (Å²) in [7, 11) is 0. The topological polar surface area (TPSA) is 29.1 Å². The summed E-state index contributed by atoms with van der Waals surface area (Å²) in [4.78, 5) is 11.8. The fourth-order valence-corrected chi connectivity index (χ4v) is 2.60. The number of rotatable bonds is 5. The van der Waals surface area contributed by atoms with Crippen molar-refractivity contribution in [3.63, 3.8) is 0 Å². The van der Waals surface area contributed by atoms with Gasteiger partial charge in [0.05, 0.1) is 0 Å². The zero-order valence-corrected chi connectivity index (χ0v) is 12.5. The minimum absolute atomic E-state index is 0.0880. The molecule has 1 unspecified atom stereocenters. The molecule has 6 heteroatoms. The first kappa shape index (κ1) is 15.4. The lowest BCUT2D eigenvalue weighted by molar-refractivity contribution is 0.0931. The summed E-state index contributed by atoms with van der Waals surface area (Å²) in [5.41, 5.74) is -0.530. The van der Waals surface area contributed by atoms with Crippen LogP contribution in [0, 0.1) is 11.6 Å². The summed E-state index contributed by atoms with van der Waals surface area (Å²) in [5.74, 6) is -1.72. The standard InChI is InChI=1S/C12H14BrF2NOS/c1-3-8(6-18-2)16-12(17)11-9(14)4-7(13)5-10(11)15/h4-5,8H,3,6H2,1-2H3,(H,16,17). The molecule has 1 aromatic carbocycles. The molecule has 1 N–H and O–H groups in total. The van der Waals surface area contributed by atoms with Gasteiger partial charge in [0.15, 0.2) is 0 Å². The van der Waals surface area contributed by atoms with E-state index in [0.29, 0.717) is 12.2 Å². The molecule has 0 bridgehead atoms. The van der Waals surface area contributed by atoms with Crippen LogP contribution in [0.5, 0.6) is 0 Å². The van der Waals surface area contributed by atoms with Gasteiger partial charge in [0.25, 0.3) is 5.91 Å². The number of amides is 1. The lowest BCUT2D eigenvalue weighted by atomic mass is 10.1. The van der Waals surface area contributed by atoms with Gasteiger partial charge in [-0.1, -0.05) is 22.9 Å². The maximum Gasteiger partial charge on any atom is 0.257 e. The molecule has 0 saturated heterocycles. The van der Waals surface area contributed by atoms with Gasteiger partial charge in [-0.3, -0.25) is 4.79 Å². The van der Waals surface area contributed by atoms with Crippen molar-refractivity contribution in [1.29, 1.82) is 0 Å². The molecule has 2 nitrogen and oxygen atoms in total. The van der Waals surface area contributed by atoms with Gasteiger partial charge in [0.1, 0.15) is 17.2 Å². The van der Waals surface area contributed by atoms with E-state index in [1.807, 2.05) is 13.2 Å². The van der Waals surface area contributed by atoms with Gasteiger partial charge >= 0.3 is 0 Å². The van der Waals surface area contributed by atoms with Crippen molar-refractivity contribution in [1.82, 2.24) is 5.32 Å². The highest BCUT2D eigenvalue weighted by Gasteiger charge is 2.20. The number of hydrogen-bond donors (Lipinski definition) is 1. The molecule has 0 radical (unpaired) electrons. The first-order valence-electron chi connectivity index (χ1n) is 5.43. The van der Waals surface area contributed by atoms with Crippen LogP contribution in [0.4, 0.5) is 8.78 Å². The second kappa shape index (κ2) is 7.09. The quantitative estimate of drug-likeness (QED) is 0.889. The van der Waals surface area contributed by atoms with Crippen LogP contribution in [-0.4, -0.2) is 24.0 Å². The number of nitrogens with one attached hydrogen (secondary N) is 1. The fraction of sp³-hybridized carbons (Fsp3) is 0.417. The first-order valence-corrected chi connectivity index (χ1v) is 7.62. The van der Waals surface area contributed by atoms with Crippen LogP contribution in [0.1, 0.15) is 23.7 Å². The Hall–Kier alpha value is -0.620. The van der Waals surface area contributed by atoms with E-state index in [1.54, 1.807) is 11.8 Å². The second-order valence-corrected chi connectivity index (χ2v) is 5.60. The summed E-state index contributed by atoms with van der Waals surface area (Å²) < 4.78 is 27.4. The van der Waals surface area contributed by atoms with E-state index >= 15 is 0 Å².